The molecule has 0 saturated heterocycles. The number of hydrogen-bond acceptors (Lipinski definition) is 7. The van der Waals surface area contributed by atoms with Gasteiger partial charge in [0.2, 0.25) is 10.0 Å². The van der Waals surface area contributed by atoms with Gasteiger partial charge in [-0.05, 0) is 43.4 Å². The van der Waals surface area contributed by atoms with Crippen molar-refractivity contribution in [1.29, 1.82) is 0 Å². The predicted octanol–water partition coefficient (Wildman–Crippen LogP) is 2.81. The fourth-order valence-corrected chi connectivity index (χ4v) is 4.59. The standard InChI is InChI=1S/C19H21N3O6S2/c1-20-29(23,24)19-12-18(30(25,26)27)16(21-13-15-9-6-10-28-15)11-17(19)22(2)14-7-4-3-5-8-14/h3-12,20-21H,13H2,1-2H3,(H,25,26,27). The van der Waals surface area contributed by atoms with Crippen LogP contribution < -0.4 is 14.9 Å². The van der Waals surface area contributed by atoms with E-state index in [0.29, 0.717) is 11.4 Å². The molecule has 1 aromatic heterocycles. The number of anilines is 3. The van der Waals surface area contributed by atoms with Gasteiger partial charge in [-0.2, -0.15) is 8.42 Å². The van der Waals surface area contributed by atoms with E-state index in [4.69, 9.17) is 4.42 Å². The lowest BCUT2D eigenvalue weighted by atomic mass is 10.2. The van der Waals surface area contributed by atoms with Crippen molar-refractivity contribution >= 4 is 37.2 Å². The third-order valence-electron chi connectivity index (χ3n) is 4.44. The molecule has 0 aliphatic heterocycles. The monoisotopic (exact) mass is 451 g/mol. The molecule has 0 atom stereocenters. The van der Waals surface area contributed by atoms with Crippen molar-refractivity contribution in [2.45, 2.75) is 16.3 Å². The van der Waals surface area contributed by atoms with Crippen LogP contribution in [0.15, 0.2) is 75.1 Å². The Morgan fingerprint density at radius 3 is 2.27 bits per heavy atom. The number of rotatable bonds is 8. The van der Waals surface area contributed by atoms with Gasteiger partial charge < -0.3 is 14.6 Å². The first-order valence-electron chi connectivity index (χ1n) is 8.77. The lowest BCUT2D eigenvalue weighted by Gasteiger charge is -2.24. The second kappa shape index (κ2) is 8.48. The highest BCUT2D eigenvalue weighted by molar-refractivity contribution is 7.89. The summed E-state index contributed by atoms with van der Waals surface area (Å²) in [4.78, 5) is 0.747. The Morgan fingerprint density at radius 1 is 1.00 bits per heavy atom. The molecule has 160 valence electrons. The second-order valence-corrected chi connectivity index (χ2v) is 9.57. The van der Waals surface area contributed by atoms with Crippen molar-refractivity contribution in [2.75, 3.05) is 24.3 Å². The van der Waals surface area contributed by atoms with Gasteiger partial charge in [-0.1, -0.05) is 18.2 Å². The first kappa shape index (κ1) is 21.8. The van der Waals surface area contributed by atoms with E-state index in [-0.39, 0.29) is 22.8 Å². The summed E-state index contributed by atoms with van der Waals surface area (Å²) < 4.78 is 66.4. The molecule has 3 N–H and O–H groups in total. The SMILES string of the molecule is CNS(=O)(=O)c1cc(S(=O)(=O)O)c(NCc2ccco2)cc1N(C)c1ccccc1. The summed E-state index contributed by atoms with van der Waals surface area (Å²) in [6, 6.07) is 14.6. The minimum atomic E-state index is -4.73. The van der Waals surface area contributed by atoms with E-state index in [0.717, 1.165) is 6.07 Å². The fourth-order valence-electron chi connectivity index (χ4n) is 2.87. The molecule has 11 heteroatoms. The Kier molecular flexibility index (Phi) is 6.17. The molecule has 30 heavy (non-hydrogen) atoms. The van der Waals surface area contributed by atoms with E-state index in [1.165, 1.54) is 19.4 Å². The molecular weight excluding hydrogens is 430 g/mol. The molecule has 0 radical (unpaired) electrons. The minimum Gasteiger partial charge on any atom is -0.467 e. The van der Waals surface area contributed by atoms with Gasteiger partial charge in [-0.25, -0.2) is 13.1 Å². The van der Waals surface area contributed by atoms with Crippen molar-refractivity contribution in [3.63, 3.8) is 0 Å². The lowest BCUT2D eigenvalue weighted by Crippen LogP contribution is -2.23. The predicted molar refractivity (Wildman–Crippen MR) is 113 cm³/mol. The largest absolute Gasteiger partial charge is 0.467 e. The zero-order valence-electron chi connectivity index (χ0n) is 16.2. The second-order valence-electron chi connectivity index (χ2n) is 6.33. The molecule has 0 spiro atoms. The zero-order chi connectivity index (χ0) is 21.9. The molecule has 0 fully saturated rings. The van der Waals surface area contributed by atoms with E-state index in [2.05, 4.69) is 10.0 Å². The third-order valence-corrected chi connectivity index (χ3v) is 6.77. The van der Waals surface area contributed by atoms with Gasteiger partial charge >= 0.3 is 0 Å². The molecular formula is C19H21N3O6S2. The lowest BCUT2D eigenvalue weighted by molar-refractivity contribution is 0.483. The number of sulfonamides is 1. The van der Waals surface area contributed by atoms with Gasteiger partial charge in [0.05, 0.1) is 24.2 Å². The summed E-state index contributed by atoms with van der Waals surface area (Å²) in [5.74, 6) is 0.529. The van der Waals surface area contributed by atoms with Crippen LogP contribution in [-0.4, -0.2) is 35.5 Å². The summed E-state index contributed by atoms with van der Waals surface area (Å²) in [6.45, 7) is 0.127. The first-order chi connectivity index (χ1) is 14.1. The highest BCUT2D eigenvalue weighted by Gasteiger charge is 2.27. The van der Waals surface area contributed by atoms with Crippen molar-refractivity contribution in [3.8, 4) is 0 Å². The maximum atomic E-state index is 12.6. The summed E-state index contributed by atoms with van der Waals surface area (Å²) in [5.41, 5.74) is 0.924. The molecule has 0 aliphatic rings. The Morgan fingerprint density at radius 2 is 1.70 bits per heavy atom. The number of nitrogens with one attached hydrogen (secondary N) is 2. The smallest absolute Gasteiger partial charge is 0.296 e. The van der Waals surface area contributed by atoms with Crippen LogP contribution in [0.1, 0.15) is 5.76 Å². The molecule has 1 heterocycles. The Hall–Kier alpha value is -2.86. The maximum absolute atomic E-state index is 12.6. The van der Waals surface area contributed by atoms with Gasteiger partial charge in [0.25, 0.3) is 10.1 Å². The van der Waals surface area contributed by atoms with Crippen LogP contribution in [0, 0.1) is 0 Å². The van der Waals surface area contributed by atoms with E-state index in [1.54, 1.807) is 48.3 Å². The van der Waals surface area contributed by atoms with Crippen LogP contribution >= 0.6 is 0 Å². The number of furan rings is 1. The molecule has 3 rings (SSSR count). The zero-order valence-corrected chi connectivity index (χ0v) is 17.9. The molecule has 2 aromatic carbocycles. The minimum absolute atomic E-state index is 0.0294. The van der Waals surface area contributed by atoms with E-state index in [9.17, 15) is 21.4 Å². The normalized spacial score (nSPS) is 12.0. The number of para-hydroxylation sites is 1. The van der Waals surface area contributed by atoms with Gasteiger partial charge in [0, 0.05) is 12.7 Å². The quantitative estimate of drug-likeness (QED) is 0.446. The first-order valence-corrected chi connectivity index (χ1v) is 11.7. The van der Waals surface area contributed by atoms with Crippen molar-refractivity contribution < 1.29 is 25.8 Å². The molecule has 9 nitrogen and oxygen atoms in total. The van der Waals surface area contributed by atoms with Gasteiger partial charge in [-0.3, -0.25) is 4.55 Å². The fraction of sp³-hybridized carbons (Fsp3) is 0.158. The number of hydrogen-bond donors (Lipinski definition) is 3. The summed E-state index contributed by atoms with van der Waals surface area (Å²) in [5, 5.41) is 2.89. The van der Waals surface area contributed by atoms with Gasteiger partial charge in [0.1, 0.15) is 15.6 Å². The Balaban J connectivity index is 2.21. The summed E-state index contributed by atoms with van der Waals surface area (Å²) in [7, 11) is -5.90. The van der Waals surface area contributed by atoms with Gasteiger partial charge in [0.15, 0.2) is 0 Å². The molecule has 0 saturated carbocycles. The Bertz CT molecular complexity index is 1220. The van der Waals surface area contributed by atoms with E-state index < -0.39 is 25.0 Å². The average molecular weight is 452 g/mol. The highest BCUT2D eigenvalue weighted by Crippen LogP contribution is 2.36. The van der Waals surface area contributed by atoms with Crippen molar-refractivity contribution in [3.05, 3.63) is 66.6 Å². The average Bonchev–Trinajstić information content (AvgIpc) is 3.24. The molecule has 0 amide bonds. The topological polar surface area (TPSA) is 129 Å². The summed E-state index contributed by atoms with van der Waals surface area (Å²) >= 11 is 0. The molecule has 3 aromatic rings. The van der Waals surface area contributed by atoms with Crippen LogP contribution in [-0.2, 0) is 26.7 Å². The number of benzene rings is 2. The molecule has 0 unspecified atom stereocenters. The van der Waals surface area contributed by atoms with Crippen molar-refractivity contribution in [2.24, 2.45) is 0 Å². The van der Waals surface area contributed by atoms with Crippen LogP contribution in [0.3, 0.4) is 0 Å². The van der Waals surface area contributed by atoms with Crippen LogP contribution in [0.25, 0.3) is 0 Å². The highest BCUT2D eigenvalue weighted by atomic mass is 32.2. The van der Waals surface area contributed by atoms with Crippen LogP contribution in [0.4, 0.5) is 17.1 Å². The van der Waals surface area contributed by atoms with E-state index >= 15 is 0 Å². The maximum Gasteiger partial charge on any atom is 0.296 e. The van der Waals surface area contributed by atoms with Crippen LogP contribution in [0.2, 0.25) is 0 Å². The third kappa shape index (κ3) is 4.65. The molecule has 0 aliphatic carbocycles. The van der Waals surface area contributed by atoms with Crippen molar-refractivity contribution in [1.82, 2.24) is 4.72 Å². The van der Waals surface area contributed by atoms with Crippen LogP contribution in [0.5, 0.6) is 0 Å². The molecule has 0 bridgehead atoms. The Labute approximate surface area is 175 Å². The van der Waals surface area contributed by atoms with Gasteiger partial charge in [-0.15, -0.1) is 0 Å². The summed E-state index contributed by atoms with van der Waals surface area (Å²) in [6.07, 6.45) is 1.47. The van der Waals surface area contributed by atoms with E-state index in [1.807, 2.05) is 6.07 Å². The number of nitrogens with zero attached hydrogens (tertiary/aromatic N) is 1.